The molecular formula is C24H30N4S. The number of thiophene rings is 1. The van der Waals surface area contributed by atoms with E-state index < -0.39 is 0 Å². The van der Waals surface area contributed by atoms with Crippen molar-refractivity contribution in [2.45, 2.75) is 46.2 Å². The molecule has 5 heteroatoms. The largest absolute Gasteiger partial charge is 0.280 e. The Morgan fingerprint density at radius 2 is 2.28 bits per heavy atom. The molecule has 0 bridgehead atoms. The molecule has 0 spiro atoms. The number of fused-ring (bicyclic) bond motifs is 1. The predicted molar refractivity (Wildman–Crippen MR) is 127 cm³/mol. The van der Waals surface area contributed by atoms with Gasteiger partial charge in [-0.25, -0.2) is 0 Å². The van der Waals surface area contributed by atoms with Gasteiger partial charge in [0, 0.05) is 18.4 Å². The van der Waals surface area contributed by atoms with Crippen LogP contribution in [-0.2, 0) is 6.54 Å². The number of aliphatic imine (C=N–C) groups is 2. The monoisotopic (exact) mass is 406 g/mol. The molecule has 0 fully saturated rings. The maximum atomic E-state index is 4.72. The van der Waals surface area contributed by atoms with Crippen LogP contribution < -0.4 is 5.43 Å². The van der Waals surface area contributed by atoms with Crippen LogP contribution in [0.5, 0.6) is 0 Å². The van der Waals surface area contributed by atoms with Gasteiger partial charge in [-0.2, -0.15) is 0 Å². The van der Waals surface area contributed by atoms with Crippen LogP contribution in [-0.4, -0.2) is 29.3 Å². The molecule has 1 unspecified atom stereocenters. The molecule has 4 nitrogen and oxygen atoms in total. The van der Waals surface area contributed by atoms with E-state index in [0.717, 1.165) is 36.6 Å². The highest BCUT2D eigenvalue weighted by molar-refractivity contribution is 7.09. The summed E-state index contributed by atoms with van der Waals surface area (Å²) in [4.78, 5) is 10.6. The zero-order valence-electron chi connectivity index (χ0n) is 17.4. The van der Waals surface area contributed by atoms with Gasteiger partial charge in [-0.3, -0.25) is 20.4 Å². The average Bonchev–Trinajstić information content (AvgIpc) is 3.18. The maximum Gasteiger partial charge on any atom is 0.143 e. The fourth-order valence-electron chi connectivity index (χ4n) is 3.36. The van der Waals surface area contributed by atoms with Gasteiger partial charge in [-0.05, 0) is 55.0 Å². The summed E-state index contributed by atoms with van der Waals surface area (Å²) in [7, 11) is 0. The Kier molecular flexibility index (Phi) is 7.66. The van der Waals surface area contributed by atoms with E-state index in [9.17, 15) is 0 Å². The Morgan fingerprint density at radius 3 is 3.07 bits per heavy atom. The lowest BCUT2D eigenvalue weighted by Gasteiger charge is -2.39. The van der Waals surface area contributed by atoms with Crippen LogP contribution in [0.3, 0.4) is 0 Å². The number of amidine groups is 2. The molecule has 0 radical (unpaired) electrons. The summed E-state index contributed by atoms with van der Waals surface area (Å²) in [5, 5.41) is 4.23. The van der Waals surface area contributed by atoms with E-state index in [4.69, 9.17) is 4.99 Å². The van der Waals surface area contributed by atoms with Crippen LogP contribution in [0.4, 0.5) is 0 Å². The highest BCUT2D eigenvalue weighted by atomic mass is 32.1. The van der Waals surface area contributed by atoms with Gasteiger partial charge < -0.3 is 0 Å². The lowest BCUT2D eigenvalue weighted by molar-refractivity contribution is 0.284. The Balaban J connectivity index is 0.00000104. The Hall–Kier alpha value is -2.84. The number of nitrogens with zero attached hydrogens (tertiary/aromatic N) is 3. The van der Waals surface area contributed by atoms with Crippen molar-refractivity contribution in [2.75, 3.05) is 6.54 Å². The van der Waals surface area contributed by atoms with Gasteiger partial charge in [0.15, 0.2) is 0 Å². The summed E-state index contributed by atoms with van der Waals surface area (Å²) in [5.74, 6) is 8.08. The van der Waals surface area contributed by atoms with E-state index in [1.54, 1.807) is 11.3 Å². The molecule has 2 aliphatic heterocycles. The second-order valence-electron chi connectivity index (χ2n) is 6.48. The van der Waals surface area contributed by atoms with Gasteiger partial charge in [0.05, 0.1) is 12.6 Å². The minimum absolute atomic E-state index is 0. The van der Waals surface area contributed by atoms with Crippen molar-refractivity contribution in [3.05, 3.63) is 70.0 Å². The first-order valence-corrected chi connectivity index (χ1v) is 11.1. The van der Waals surface area contributed by atoms with E-state index in [-0.39, 0.29) is 7.47 Å². The van der Waals surface area contributed by atoms with Crippen molar-refractivity contribution in [1.29, 1.82) is 0 Å². The molecule has 0 amide bonds. The maximum absolute atomic E-state index is 4.72. The van der Waals surface area contributed by atoms with Crippen LogP contribution in [0.2, 0.25) is 0 Å². The van der Waals surface area contributed by atoms with Gasteiger partial charge in [-0.15, -0.1) is 17.3 Å². The fourth-order valence-corrected chi connectivity index (χ4v) is 3.98. The number of nitrogens with one attached hydrogen (secondary N) is 1. The van der Waals surface area contributed by atoms with Crippen LogP contribution in [0.15, 0.2) is 75.1 Å². The molecule has 152 valence electrons. The van der Waals surface area contributed by atoms with Gasteiger partial charge >= 0.3 is 0 Å². The third kappa shape index (κ3) is 5.36. The van der Waals surface area contributed by atoms with Gasteiger partial charge in [0.2, 0.25) is 0 Å². The zero-order valence-corrected chi connectivity index (χ0v) is 18.2. The van der Waals surface area contributed by atoms with E-state index in [2.05, 4.69) is 75.2 Å². The molecule has 1 N–H and O–H groups in total. The lowest BCUT2D eigenvalue weighted by atomic mass is 9.98. The average molecular weight is 407 g/mol. The first-order chi connectivity index (χ1) is 14.3. The van der Waals surface area contributed by atoms with Crippen molar-refractivity contribution in [1.82, 2.24) is 10.4 Å². The Morgan fingerprint density at radius 1 is 1.38 bits per heavy atom. The second kappa shape index (κ2) is 10.6. The molecular weight excluding hydrogens is 376 g/mol. The standard InChI is InChI=1S/C22H22N4S.C2H6.H2/c1-2-6-17-7-3-4-8-18(15-17)20-12-13-23-22-11-10-21(25-26(20)22)24-16-19-9-5-14-27-19;1-2;/h3-5,8-11,14-15,20H,7,12-13,16H2,1H3,(H,24,25);1-2H3;1H. The van der Waals surface area contributed by atoms with Crippen LogP contribution >= 0.6 is 11.3 Å². The molecule has 1 aromatic heterocycles. The first kappa shape index (κ1) is 20.9. The third-order valence-corrected chi connectivity index (χ3v) is 5.48. The summed E-state index contributed by atoms with van der Waals surface area (Å²) >= 11 is 1.73. The minimum Gasteiger partial charge on any atom is -0.280 e. The van der Waals surface area contributed by atoms with E-state index in [0.29, 0.717) is 6.54 Å². The molecule has 29 heavy (non-hydrogen) atoms. The van der Waals surface area contributed by atoms with Gasteiger partial charge in [0.25, 0.3) is 0 Å². The van der Waals surface area contributed by atoms with Gasteiger partial charge in [0.1, 0.15) is 11.7 Å². The third-order valence-electron chi connectivity index (χ3n) is 4.62. The molecule has 1 aliphatic carbocycles. The highest BCUT2D eigenvalue weighted by Gasteiger charge is 2.29. The molecule has 3 aliphatic rings. The molecule has 0 saturated carbocycles. The lowest BCUT2D eigenvalue weighted by Crippen LogP contribution is -2.55. The quantitative estimate of drug-likeness (QED) is 0.692. The summed E-state index contributed by atoms with van der Waals surface area (Å²) in [6.45, 7) is 7.41. The SMILES string of the molecule is CC.CC#CC1=CC(C2CCN=C3C=CC(=NCc4cccs4)NN32)=CC=CC1.[HH]. The molecule has 0 aromatic carbocycles. The van der Waals surface area contributed by atoms with E-state index in [1.807, 2.05) is 26.8 Å². The second-order valence-corrected chi connectivity index (χ2v) is 7.52. The summed E-state index contributed by atoms with van der Waals surface area (Å²) in [6, 6.07) is 4.39. The molecule has 0 saturated heterocycles. The summed E-state index contributed by atoms with van der Waals surface area (Å²) < 4.78 is 0. The first-order valence-electron chi connectivity index (χ1n) is 10.2. The van der Waals surface area contributed by atoms with Crippen LogP contribution in [0.25, 0.3) is 0 Å². The zero-order chi connectivity index (χ0) is 20.5. The number of rotatable bonds is 3. The van der Waals surface area contributed by atoms with Crippen molar-refractivity contribution in [3.63, 3.8) is 0 Å². The number of hydrogen-bond acceptors (Lipinski definition) is 4. The van der Waals surface area contributed by atoms with Crippen molar-refractivity contribution >= 4 is 23.0 Å². The minimum atomic E-state index is 0. The van der Waals surface area contributed by atoms with Crippen LogP contribution in [0, 0.1) is 11.8 Å². The van der Waals surface area contributed by atoms with Gasteiger partial charge in [-0.1, -0.05) is 44.1 Å². The molecule has 1 atom stereocenters. The Labute approximate surface area is 179 Å². The smallest absolute Gasteiger partial charge is 0.143 e. The van der Waals surface area contributed by atoms with Crippen molar-refractivity contribution in [2.24, 2.45) is 9.98 Å². The number of hydrogen-bond donors (Lipinski definition) is 1. The summed E-state index contributed by atoms with van der Waals surface area (Å²) in [5.41, 5.74) is 5.88. The number of hydrazine groups is 1. The topological polar surface area (TPSA) is 40.0 Å². The number of allylic oxidation sites excluding steroid dienone is 4. The normalized spacial score (nSPS) is 21.3. The van der Waals surface area contributed by atoms with E-state index in [1.165, 1.54) is 10.5 Å². The Bertz CT molecular complexity index is 940. The fraction of sp³-hybridized carbons (Fsp3) is 0.333. The molecule has 4 rings (SSSR count). The predicted octanol–water partition coefficient (Wildman–Crippen LogP) is 5.30. The van der Waals surface area contributed by atoms with Crippen molar-refractivity contribution in [3.8, 4) is 11.8 Å². The van der Waals surface area contributed by atoms with E-state index >= 15 is 0 Å². The molecule has 1 aromatic rings. The summed E-state index contributed by atoms with van der Waals surface area (Å²) in [6.07, 6.45) is 14.6. The van der Waals surface area contributed by atoms with Crippen LogP contribution in [0.1, 0.15) is 39.9 Å². The molecule has 3 heterocycles. The van der Waals surface area contributed by atoms with Crippen molar-refractivity contribution < 1.29 is 1.43 Å². The highest BCUT2D eigenvalue weighted by Crippen LogP contribution is 2.24.